The molecular formula is C17H26N4. The van der Waals surface area contributed by atoms with Crippen molar-refractivity contribution in [3.05, 3.63) is 51.8 Å². The normalized spacial score (nSPS) is 12.7. The molecule has 0 aliphatic rings. The fourth-order valence-corrected chi connectivity index (χ4v) is 3.03. The van der Waals surface area contributed by atoms with Gasteiger partial charge < -0.3 is 0 Å². The van der Waals surface area contributed by atoms with Gasteiger partial charge in [-0.3, -0.25) is 16.0 Å². The maximum absolute atomic E-state index is 5.78. The third-order valence-corrected chi connectivity index (χ3v) is 4.19. The molecule has 0 fully saturated rings. The topological polar surface area (TPSA) is 55.9 Å². The molecule has 1 atom stereocenters. The monoisotopic (exact) mass is 286 g/mol. The molecule has 4 nitrogen and oxygen atoms in total. The lowest BCUT2D eigenvalue weighted by Crippen LogP contribution is -2.28. The van der Waals surface area contributed by atoms with Crippen molar-refractivity contribution in [2.45, 2.75) is 46.6 Å². The molecule has 1 unspecified atom stereocenters. The van der Waals surface area contributed by atoms with Crippen LogP contribution >= 0.6 is 0 Å². The zero-order chi connectivity index (χ0) is 15.6. The summed E-state index contributed by atoms with van der Waals surface area (Å²) in [5.41, 5.74) is 10.5. The van der Waals surface area contributed by atoms with Gasteiger partial charge in [-0.25, -0.2) is 0 Å². The van der Waals surface area contributed by atoms with Crippen LogP contribution in [0.4, 0.5) is 0 Å². The largest absolute Gasteiger partial charge is 0.272 e. The Morgan fingerprint density at radius 2 is 1.76 bits per heavy atom. The lowest BCUT2D eigenvalue weighted by Gasteiger charge is -2.18. The van der Waals surface area contributed by atoms with E-state index in [0.29, 0.717) is 0 Å². The molecule has 0 saturated carbocycles. The summed E-state index contributed by atoms with van der Waals surface area (Å²) >= 11 is 0. The highest BCUT2D eigenvalue weighted by atomic mass is 15.3. The number of nitrogens with two attached hydrogens (primary N) is 1. The number of aryl methyl sites for hydroxylation is 4. The number of hydrogen-bond acceptors (Lipinski definition) is 3. The molecule has 2 aromatic rings. The van der Waals surface area contributed by atoms with Crippen LogP contribution in [0.25, 0.3) is 0 Å². The van der Waals surface area contributed by atoms with Gasteiger partial charge in [-0.15, -0.1) is 0 Å². The highest BCUT2D eigenvalue weighted by molar-refractivity contribution is 5.31. The first-order valence-electron chi connectivity index (χ1n) is 7.45. The molecule has 1 heterocycles. The smallest absolute Gasteiger partial charge is 0.0628 e. The van der Waals surface area contributed by atoms with Crippen LogP contribution in [0, 0.1) is 27.7 Å². The van der Waals surface area contributed by atoms with Gasteiger partial charge in [0.2, 0.25) is 0 Å². The maximum Gasteiger partial charge on any atom is 0.0628 e. The van der Waals surface area contributed by atoms with Crippen LogP contribution in [0.5, 0.6) is 0 Å². The molecule has 0 aliphatic heterocycles. The Balaban J connectivity index is 2.16. The fraction of sp³-hybridized carbons (Fsp3) is 0.471. The predicted molar refractivity (Wildman–Crippen MR) is 87.0 cm³/mol. The van der Waals surface area contributed by atoms with E-state index in [9.17, 15) is 0 Å². The molecule has 2 rings (SSSR count). The van der Waals surface area contributed by atoms with E-state index in [1.165, 1.54) is 27.9 Å². The van der Waals surface area contributed by atoms with E-state index in [4.69, 9.17) is 5.84 Å². The van der Waals surface area contributed by atoms with E-state index in [2.05, 4.69) is 56.4 Å². The third-order valence-electron chi connectivity index (χ3n) is 4.19. The summed E-state index contributed by atoms with van der Waals surface area (Å²) in [5, 5.41) is 4.48. The Morgan fingerprint density at radius 1 is 1.14 bits per heavy atom. The van der Waals surface area contributed by atoms with Gasteiger partial charge in [-0.1, -0.05) is 29.3 Å². The van der Waals surface area contributed by atoms with Gasteiger partial charge in [0, 0.05) is 18.8 Å². The van der Waals surface area contributed by atoms with Gasteiger partial charge in [0.25, 0.3) is 0 Å². The number of nitrogens with one attached hydrogen (secondary N) is 1. The second kappa shape index (κ2) is 6.41. The van der Waals surface area contributed by atoms with Crippen molar-refractivity contribution >= 4 is 0 Å². The van der Waals surface area contributed by atoms with E-state index >= 15 is 0 Å². The van der Waals surface area contributed by atoms with Crippen LogP contribution in [0.2, 0.25) is 0 Å². The maximum atomic E-state index is 5.78. The average Bonchev–Trinajstić information content (AvgIpc) is 2.64. The Bertz CT molecular complexity index is 608. The quantitative estimate of drug-likeness (QED) is 0.656. The molecule has 114 valence electrons. The standard InChI is InChI=1S/C17H26N4/c1-11-8-12(2)10-15(9-11)17(19-18)7-6-16-13(3)20-21(5)14(16)4/h8-10,17,19H,6-7,18H2,1-5H3. The van der Waals surface area contributed by atoms with Crippen molar-refractivity contribution in [3.63, 3.8) is 0 Å². The van der Waals surface area contributed by atoms with Gasteiger partial charge in [0.05, 0.1) is 5.69 Å². The van der Waals surface area contributed by atoms with Crippen molar-refractivity contribution in [1.29, 1.82) is 0 Å². The van der Waals surface area contributed by atoms with Crippen LogP contribution in [-0.2, 0) is 13.5 Å². The number of benzene rings is 1. The number of nitrogens with zero attached hydrogens (tertiary/aromatic N) is 2. The molecule has 1 aromatic carbocycles. The minimum absolute atomic E-state index is 0.169. The zero-order valence-electron chi connectivity index (χ0n) is 13.7. The number of hydrogen-bond donors (Lipinski definition) is 2. The second-order valence-electron chi connectivity index (χ2n) is 5.95. The molecule has 0 amide bonds. The molecule has 1 aromatic heterocycles. The summed E-state index contributed by atoms with van der Waals surface area (Å²) in [7, 11) is 1.99. The number of hydrazine groups is 1. The molecule has 21 heavy (non-hydrogen) atoms. The Hall–Kier alpha value is -1.65. The molecule has 4 heteroatoms. The Labute approximate surface area is 127 Å². The van der Waals surface area contributed by atoms with Crippen molar-refractivity contribution in [2.24, 2.45) is 12.9 Å². The van der Waals surface area contributed by atoms with Crippen LogP contribution in [0.3, 0.4) is 0 Å². The lowest BCUT2D eigenvalue weighted by molar-refractivity contribution is 0.515. The first-order valence-corrected chi connectivity index (χ1v) is 7.45. The van der Waals surface area contributed by atoms with Crippen molar-refractivity contribution in [1.82, 2.24) is 15.2 Å². The predicted octanol–water partition coefficient (Wildman–Crippen LogP) is 2.79. The third kappa shape index (κ3) is 3.52. The summed E-state index contributed by atoms with van der Waals surface area (Å²) in [6.07, 6.45) is 1.94. The highest BCUT2D eigenvalue weighted by Crippen LogP contribution is 2.23. The van der Waals surface area contributed by atoms with E-state index < -0.39 is 0 Å². The molecular weight excluding hydrogens is 260 g/mol. The SMILES string of the molecule is Cc1cc(C)cc(C(CCc2c(C)nn(C)c2C)NN)c1. The fourth-order valence-electron chi connectivity index (χ4n) is 3.03. The Morgan fingerprint density at radius 3 is 2.24 bits per heavy atom. The van der Waals surface area contributed by atoms with Crippen LogP contribution in [0.1, 0.15) is 46.1 Å². The van der Waals surface area contributed by atoms with E-state index in [-0.39, 0.29) is 6.04 Å². The molecule has 0 radical (unpaired) electrons. The lowest BCUT2D eigenvalue weighted by atomic mass is 9.96. The molecule has 0 spiro atoms. The van der Waals surface area contributed by atoms with E-state index in [0.717, 1.165) is 18.5 Å². The van der Waals surface area contributed by atoms with Gasteiger partial charge >= 0.3 is 0 Å². The summed E-state index contributed by atoms with van der Waals surface area (Å²) in [4.78, 5) is 0. The molecule has 0 bridgehead atoms. The first kappa shape index (κ1) is 15.7. The Kier molecular flexibility index (Phi) is 4.80. The van der Waals surface area contributed by atoms with Crippen molar-refractivity contribution in [3.8, 4) is 0 Å². The number of rotatable bonds is 5. The minimum atomic E-state index is 0.169. The number of aromatic nitrogens is 2. The minimum Gasteiger partial charge on any atom is -0.272 e. The second-order valence-corrected chi connectivity index (χ2v) is 5.95. The van der Waals surface area contributed by atoms with E-state index in [1.807, 2.05) is 11.7 Å². The summed E-state index contributed by atoms with van der Waals surface area (Å²) < 4.78 is 1.95. The summed E-state index contributed by atoms with van der Waals surface area (Å²) in [5.74, 6) is 5.78. The van der Waals surface area contributed by atoms with Crippen molar-refractivity contribution < 1.29 is 0 Å². The van der Waals surface area contributed by atoms with Gasteiger partial charge in [-0.05, 0) is 51.7 Å². The average molecular weight is 286 g/mol. The van der Waals surface area contributed by atoms with Crippen molar-refractivity contribution in [2.75, 3.05) is 0 Å². The van der Waals surface area contributed by atoms with Crippen LogP contribution in [-0.4, -0.2) is 9.78 Å². The van der Waals surface area contributed by atoms with Gasteiger partial charge in [-0.2, -0.15) is 5.10 Å². The van der Waals surface area contributed by atoms with Gasteiger partial charge in [0.1, 0.15) is 0 Å². The first-order chi connectivity index (χ1) is 9.92. The van der Waals surface area contributed by atoms with Crippen LogP contribution in [0.15, 0.2) is 18.2 Å². The highest BCUT2D eigenvalue weighted by Gasteiger charge is 2.14. The summed E-state index contributed by atoms with van der Waals surface area (Å²) in [6.45, 7) is 8.44. The summed E-state index contributed by atoms with van der Waals surface area (Å²) in [6, 6.07) is 6.77. The van der Waals surface area contributed by atoms with Gasteiger partial charge in [0.15, 0.2) is 0 Å². The molecule has 3 N–H and O–H groups in total. The zero-order valence-corrected chi connectivity index (χ0v) is 13.7. The van der Waals surface area contributed by atoms with Crippen LogP contribution < -0.4 is 11.3 Å². The molecule has 0 saturated heterocycles. The van der Waals surface area contributed by atoms with E-state index in [1.54, 1.807) is 0 Å². The molecule has 0 aliphatic carbocycles.